The monoisotopic (exact) mass is 246 g/mol. The molecule has 1 heterocycles. The van der Waals surface area contributed by atoms with Gasteiger partial charge in [0.25, 0.3) is 10.0 Å². The van der Waals surface area contributed by atoms with E-state index in [-0.39, 0.29) is 5.03 Å². The minimum atomic E-state index is -3.70. The normalized spacial score (nSPS) is 12.3. The van der Waals surface area contributed by atoms with E-state index in [1.54, 1.807) is 11.7 Å². The minimum absolute atomic E-state index is 0.0742. The fourth-order valence-corrected chi connectivity index (χ4v) is 2.04. The minimum Gasteiger partial charge on any atom is -0.301 e. The van der Waals surface area contributed by atoms with Crippen molar-refractivity contribution in [1.29, 1.82) is 0 Å². The van der Waals surface area contributed by atoms with Gasteiger partial charge < -0.3 is 4.90 Å². The first-order chi connectivity index (χ1) is 7.34. The summed E-state index contributed by atoms with van der Waals surface area (Å²) in [6.45, 7) is 3.71. The highest BCUT2D eigenvalue weighted by molar-refractivity contribution is 7.89. The molecule has 0 unspecified atom stereocenters. The van der Waals surface area contributed by atoms with E-state index in [9.17, 15) is 8.42 Å². The molecule has 16 heavy (non-hydrogen) atoms. The Bertz CT molecular complexity index is 452. The molecule has 0 radical (unpaired) electrons. The third-order valence-corrected chi connectivity index (χ3v) is 3.07. The molecule has 0 saturated heterocycles. The number of hydrogen-bond acceptors (Lipinski definition) is 4. The highest BCUT2D eigenvalue weighted by Crippen LogP contribution is 2.09. The van der Waals surface area contributed by atoms with E-state index in [2.05, 4.69) is 16.9 Å². The quantitative estimate of drug-likeness (QED) is 0.787. The van der Waals surface area contributed by atoms with Crippen LogP contribution in [0, 0.1) is 0 Å². The summed E-state index contributed by atoms with van der Waals surface area (Å²) in [7, 11) is -0.0116. The third-order valence-electron chi connectivity index (χ3n) is 2.28. The molecule has 6 nitrogen and oxygen atoms in total. The molecule has 1 aromatic heterocycles. The summed E-state index contributed by atoms with van der Waals surface area (Å²) in [5.74, 6) is 0. The lowest BCUT2D eigenvalue weighted by Gasteiger charge is -2.14. The Balaban J connectivity index is 2.87. The fraction of sp³-hybridized carbons (Fsp3) is 0.667. The molecule has 0 bridgehead atoms. The molecule has 0 aromatic carbocycles. The van der Waals surface area contributed by atoms with Crippen molar-refractivity contribution in [1.82, 2.24) is 14.7 Å². The van der Waals surface area contributed by atoms with Gasteiger partial charge in [0.15, 0.2) is 5.03 Å². The number of nitrogens with two attached hydrogens (primary N) is 1. The standard InChI is InChI=1S/C9H18N4O2S/c1-4-5-12(2)7-8-6-9(11-13(8)3)16(10,14)15/h6H,4-5,7H2,1-3H3,(H2,10,14,15). The molecule has 0 spiro atoms. The van der Waals surface area contributed by atoms with E-state index in [0.29, 0.717) is 6.54 Å². The van der Waals surface area contributed by atoms with Crippen LogP contribution in [0.2, 0.25) is 0 Å². The van der Waals surface area contributed by atoms with Gasteiger partial charge in [-0.3, -0.25) is 4.68 Å². The van der Waals surface area contributed by atoms with Crippen molar-refractivity contribution in [3.63, 3.8) is 0 Å². The molecule has 1 aromatic rings. The largest absolute Gasteiger partial charge is 0.301 e. The summed E-state index contributed by atoms with van der Waals surface area (Å²) in [6, 6.07) is 1.52. The smallest absolute Gasteiger partial charge is 0.257 e. The Morgan fingerprint density at radius 1 is 1.56 bits per heavy atom. The zero-order valence-electron chi connectivity index (χ0n) is 9.84. The first-order valence-corrected chi connectivity index (χ1v) is 6.63. The Morgan fingerprint density at radius 3 is 2.62 bits per heavy atom. The summed E-state index contributed by atoms with van der Waals surface area (Å²) < 4.78 is 23.7. The van der Waals surface area contributed by atoms with Crippen molar-refractivity contribution in [2.75, 3.05) is 13.6 Å². The Kier molecular flexibility index (Phi) is 4.06. The molecular formula is C9H18N4O2S. The summed E-state index contributed by atoms with van der Waals surface area (Å²) in [5.41, 5.74) is 0.833. The lowest BCUT2D eigenvalue weighted by atomic mass is 10.3. The Labute approximate surface area is 96.1 Å². The van der Waals surface area contributed by atoms with Crippen LogP contribution in [0.4, 0.5) is 0 Å². The number of primary sulfonamides is 1. The molecule has 0 saturated carbocycles. The molecule has 0 amide bonds. The maximum absolute atomic E-state index is 11.1. The third kappa shape index (κ3) is 3.29. The lowest BCUT2D eigenvalue weighted by Crippen LogP contribution is -2.20. The molecule has 0 aliphatic heterocycles. The van der Waals surface area contributed by atoms with Gasteiger partial charge in [-0.15, -0.1) is 0 Å². The molecule has 0 atom stereocenters. The van der Waals surface area contributed by atoms with Crippen molar-refractivity contribution in [3.8, 4) is 0 Å². The second kappa shape index (κ2) is 4.94. The van der Waals surface area contributed by atoms with Crippen LogP contribution < -0.4 is 5.14 Å². The number of hydrogen-bond donors (Lipinski definition) is 1. The molecular weight excluding hydrogens is 228 g/mol. The lowest BCUT2D eigenvalue weighted by molar-refractivity contribution is 0.318. The van der Waals surface area contributed by atoms with Gasteiger partial charge in [-0.2, -0.15) is 5.10 Å². The van der Waals surface area contributed by atoms with Gasteiger partial charge in [-0.1, -0.05) is 6.92 Å². The van der Waals surface area contributed by atoms with Gasteiger partial charge in [0.05, 0.1) is 5.69 Å². The topological polar surface area (TPSA) is 81.2 Å². The van der Waals surface area contributed by atoms with Gasteiger partial charge in [-0.05, 0) is 20.0 Å². The molecule has 7 heteroatoms. The van der Waals surface area contributed by atoms with E-state index in [4.69, 9.17) is 5.14 Å². The van der Waals surface area contributed by atoms with E-state index in [1.807, 2.05) is 7.05 Å². The Hall–Kier alpha value is -0.920. The molecule has 2 N–H and O–H groups in total. The van der Waals surface area contributed by atoms with Gasteiger partial charge in [0, 0.05) is 19.7 Å². The number of aryl methyl sites for hydroxylation is 1. The highest BCUT2D eigenvalue weighted by atomic mass is 32.2. The van der Waals surface area contributed by atoms with Gasteiger partial charge >= 0.3 is 0 Å². The summed E-state index contributed by atoms with van der Waals surface area (Å²) in [5, 5.41) is 8.81. The van der Waals surface area contributed by atoms with Crippen molar-refractivity contribution in [3.05, 3.63) is 11.8 Å². The SMILES string of the molecule is CCCN(C)Cc1cc(S(N)(=O)=O)nn1C. The van der Waals surface area contributed by atoms with Crippen LogP contribution in [0.3, 0.4) is 0 Å². The van der Waals surface area contributed by atoms with Crippen molar-refractivity contribution >= 4 is 10.0 Å². The van der Waals surface area contributed by atoms with Gasteiger partial charge in [0.2, 0.25) is 0 Å². The number of sulfonamides is 1. The molecule has 0 aliphatic rings. The highest BCUT2D eigenvalue weighted by Gasteiger charge is 2.15. The predicted molar refractivity (Wildman–Crippen MR) is 61.2 cm³/mol. The second-order valence-corrected chi connectivity index (χ2v) is 5.39. The van der Waals surface area contributed by atoms with Crippen LogP contribution in [0.5, 0.6) is 0 Å². The average Bonchev–Trinajstić information content (AvgIpc) is 2.47. The summed E-state index contributed by atoms with van der Waals surface area (Å²) in [4.78, 5) is 2.10. The van der Waals surface area contributed by atoms with Crippen LogP contribution in [-0.4, -0.2) is 36.7 Å². The maximum atomic E-state index is 11.1. The molecule has 92 valence electrons. The number of rotatable bonds is 5. The van der Waals surface area contributed by atoms with Crippen LogP contribution in [0.25, 0.3) is 0 Å². The predicted octanol–water partition coefficient (Wildman–Crippen LogP) is -0.0907. The molecule has 1 rings (SSSR count). The first-order valence-electron chi connectivity index (χ1n) is 5.09. The summed E-state index contributed by atoms with van der Waals surface area (Å²) >= 11 is 0. The zero-order valence-corrected chi connectivity index (χ0v) is 10.7. The fourth-order valence-electron chi connectivity index (χ4n) is 1.50. The van der Waals surface area contributed by atoms with E-state index in [1.165, 1.54) is 6.07 Å². The van der Waals surface area contributed by atoms with Gasteiger partial charge in [0.1, 0.15) is 0 Å². The van der Waals surface area contributed by atoms with Crippen LogP contribution >= 0.6 is 0 Å². The Morgan fingerprint density at radius 2 is 2.19 bits per heavy atom. The van der Waals surface area contributed by atoms with Crippen LogP contribution in [-0.2, 0) is 23.6 Å². The van der Waals surface area contributed by atoms with Crippen molar-refractivity contribution < 1.29 is 8.42 Å². The summed E-state index contributed by atoms with van der Waals surface area (Å²) in [6.07, 6.45) is 1.05. The van der Waals surface area contributed by atoms with Crippen molar-refractivity contribution in [2.45, 2.75) is 24.9 Å². The van der Waals surface area contributed by atoms with E-state index < -0.39 is 10.0 Å². The number of aromatic nitrogens is 2. The maximum Gasteiger partial charge on any atom is 0.257 e. The van der Waals surface area contributed by atoms with Gasteiger partial charge in [-0.25, -0.2) is 13.6 Å². The average molecular weight is 246 g/mol. The van der Waals surface area contributed by atoms with Crippen LogP contribution in [0.15, 0.2) is 11.1 Å². The molecule has 0 aliphatic carbocycles. The van der Waals surface area contributed by atoms with E-state index >= 15 is 0 Å². The molecule has 0 fully saturated rings. The van der Waals surface area contributed by atoms with Crippen molar-refractivity contribution in [2.24, 2.45) is 12.2 Å². The first kappa shape index (κ1) is 13.1. The zero-order chi connectivity index (χ0) is 12.3. The second-order valence-electron chi connectivity index (χ2n) is 3.88. The number of nitrogens with zero attached hydrogens (tertiary/aromatic N) is 3. The van der Waals surface area contributed by atoms with Crippen LogP contribution in [0.1, 0.15) is 19.0 Å². The van der Waals surface area contributed by atoms with E-state index in [0.717, 1.165) is 18.7 Å².